The largest absolute Gasteiger partial charge is 0.254 e. The molecule has 0 amide bonds. The van der Waals surface area contributed by atoms with Crippen molar-refractivity contribution in [3.05, 3.63) is 96.6 Å². The van der Waals surface area contributed by atoms with E-state index in [2.05, 4.69) is 56.0 Å². The van der Waals surface area contributed by atoms with Crippen molar-refractivity contribution in [1.82, 2.24) is 19.9 Å². The smallest absolute Gasteiger partial charge is 0.0977 e. The fourth-order valence-electron chi connectivity index (χ4n) is 3.86. The number of aromatic nitrogens is 4. The Morgan fingerprint density at radius 2 is 0.900 bits per heavy atom. The third kappa shape index (κ3) is 2.57. The minimum absolute atomic E-state index is 0.870. The fraction of sp³-hybridized carbons (Fsp3) is 0. The number of pyridine rings is 4. The lowest BCUT2D eigenvalue weighted by atomic mass is 10.0. The molecule has 0 N–H and O–H groups in total. The Kier molecular flexibility index (Phi) is 3.65. The Morgan fingerprint density at radius 1 is 0.433 bits per heavy atom. The fourth-order valence-corrected chi connectivity index (χ4v) is 3.86. The summed E-state index contributed by atoms with van der Waals surface area (Å²) >= 11 is 0. The number of hydrogen-bond acceptors (Lipinski definition) is 4. The molecule has 4 heterocycles. The van der Waals surface area contributed by atoms with E-state index in [4.69, 9.17) is 0 Å². The van der Waals surface area contributed by atoms with Crippen LogP contribution in [0.3, 0.4) is 0 Å². The number of nitrogens with zero attached hydrogens (tertiary/aromatic N) is 4. The van der Waals surface area contributed by atoms with Gasteiger partial charge in [-0.15, -0.1) is 0 Å². The first-order chi connectivity index (χ1) is 14.9. The van der Waals surface area contributed by atoms with E-state index >= 15 is 0 Å². The molecule has 2 aromatic carbocycles. The van der Waals surface area contributed by atoms with Gasteiger partial charge in [0.25, 0.3) is 0 Å². The summed E-state index contributed by atoms with van der Waals surface area (Å²) in [5.74, 6) is 6.69. The van der Waals surface area contributed by atoms with E-state index in [-0.39, 0.29) is 0 Å². The second-order valence-electron chi connectivity index (χ2n) is 7.04. The van der Waals surface area contributed by atoms with Crippen molar-refractivity contribution in [3.63, 3.8) is 0 Å². The summed E-state index contributed by atoms with van der Waals surface area (Å²) in [7, 11) is 0. The van der Waals surface area contributed by atoms with Gasteiger partial charge in [-0.2, -0.15) is 0 Å². The average Bonchev–Trinajstić information content (AvgIpc) is 2.82. The molecule has 6 rings (SSSR count). The van der Waals surface area contributed by atoms with Gasteiger partial charge < -0.3 is 0 Å². The molecule has 0 bridgehead atoms. The van der Waals surface area contributed by atoms with Gasteiger partial charge in [-0.1, -0.05) is 48.2 Å². The van der Waals surface area contributed by atoms with Crippen molar-refractivity contribution >= 4 is 43.6 Å². The van der Waals surface area contributed by atoms with Crippen molar-refractivity contribution in [2.24, 2.45) is 0 Å². The van der Waals surface area contributed by atoms with Crippen molar-refractivity contribution in [3.8, 4) is 11.8 Å². The van der Waals surface area contributed by atoms with E-state index in [0.717, 1.165) is 54.7 Å². The van der Waals surface area contributed by atoms with E-state index in [1.54, 1.807) is 24.8 Å². The van der Waals surface area contributed by atoms with Crippen LogP contribution in [-0.4, -0.2) is 19.9 Å². The lowest BCUT2D eigenvalue weighted by molar-refractivity contribution is 1.37. The van der Waals surface area contributed by atoms with Crippen LogP contribution in [0.15, 0.2) is 85.5 Å². The van der Waals surface area contributed by atoms with E-state index in [0.29, 0.717) is 0 Å². The van der Waals surface area contributed by atoms with Crippen LogP contribution in [0.2, 0.25) is 0 Å². The molecule has 0 saturated heterocycles. The number of fused-ring (bicyclic) bond motifs is 6. The van der Waals surface area contributed by atoms with Crippen molar-refractivity contribution in [2.75, 3.05) is 0 Å². The molecule has 0 atom stereocenters. The zero-order valence-electron chi connectivity index (χ0n) is 15.9. The van der Waals surface area contributed by atoms with Crippen molar-refractivity contribution < 1.29 is 0 Å². The predicted molar refractivity (Wildman–Crippen MR) is 120 cm³/mol. The Morgan fingerprint density at radius 3 is 1.40 bits per heavy atom. The van der Waals surface area contributed by atoms with Crippen LogP contribution in [0.1, 0.15) is 11.1 Å². The van der Waals surface area contributed by atoms with E-state index < -0.39 is 0 Å². The molecule has 4 aromatic heterocycles. The number of hydrogen-bond donors (Lipinski definition) is 0. The first kappa shape index (κ1) is 16.6. The van der Waals surface area contributed by atoms with Gasteiger partial charge in [-0.3, -0.25) is 19.9 Å². The van der Waals surface area contributed by atoms with Crippen LogP contribution in [-0.2, 0) is 0 Å². The first-order valence-corrected chi connectivity index (χ1v) is 9.65. The first-order valence-electron chi connectivity index (χ1n) is 9.65. The zero-order valence-corrected chi connectivity index (χ0v) is 15.9. The zero-order chi connectivity index (χ0) is 19.9. The van der Waals surface area contributed by atoms with Crippen LogP contribution in [0, 0.1) is 11.8 Å². The van der Waals surface area contributed by atoms with Gasteiger partial charge in [0, 0.05) is 57.5 Å². The second kappa shape index (κ2) is 6.61. The third-order valence-electron chi connectivity index (χ3n) is 5.30. The standard InChI is InChI=1S/C26H14N4/c1-3-19-7-9-21-17(11-15-29-25(21)23(19)27-13-1)5-6-18-12-16-30-26-22(18)10-8-20-4-2-14-28-24(20)26/h1-4,7-16H. The van der Waals surface area contributed by atoms with Gasteiger partial charge in [-0.25, -0.2) is 0 Å². The molecule has 4 heteroatoms. The van der Waals surface area contributed by atoms with Crippen molar-refractivity contribution in [1.29, 1.82) is 0 Å². The molecule has 0 aliphatic heterocycles. The molecule has 30 heavy (non-hydrogen) atoms. The highest BCUT2D eigenvalue weighted by Gasteiger charge is 2.07. The molecule has 4 nitrogen and oxygen atoms in total. The Hall–Kier alpha value is -4.36. The Balaban J connectivity index is 1.55. The van der Waals surface area contributed by atoms with Gasteiger partial charge >= 0.3 is 0 Å². The Labute approximate surface area is 172 Å². The van der Waals surface area contributed by atoms with Crippen LogP contribution in [0.4, 0.5) is 0 Å². The van der Waals surface area contributed by atoms with Crippen LogP contribution in [0.5, 0.6) is 0 Å². The molecule has 138 valence electrons. The molecular formula is C26H14N4. The van der Waals surface area contributed by atoms with Gasteiger partial charge in [0.05, 0.1) is 22.1 Å². The minimum atomic E-state index is 0.870. The van der Waals surface area contributed by atoms with Gasteiger partial charge in [-0.05, 0) is 24.3 Å². The van der Waals surface area contributed by atoms with Crippen molar-refractivity contribution in [2.45, 2.75) is 0 Å². The summed E-state index contributed by atoms with van der Waals surface area (Å²) in [5.41, 5.74) is 5.38. The lowest BCUT2D eigenvalue weighted by Gasteiger charge is -2.04. The number of benzene rings is 2. The minimum Gasteiger partial charge on any atom is -0.254 e. The predicted octanol–water partition coefficient (Wildman–Crippen LogP) is 5.28. The normalized spacial score (nSPS) is 11.1. The highest BCUT2D eigenvalue weighted by atomic mass is 14.7. The SMILES string of the molecule is C(#Cc1ccnc2c1ccc1cccnc12)c1ccnc2c1ccc1cccnc12. The maximum absolute atomic E-state index is 4.56. The number of rotatable bonds is 0. The molecule has 0 spiro atoms. The third-order valence-corrected chi connectivity index (χ3v) is 5.30. The monoisotopic (exact) mass is 382 g/mol. The van der Waals surface area contributed by atoms with Crippen LogP contribution in [0.25, 0.3) is 43.6 Å². The summed E-state index contributed by atoms with van der Waals surface area (Å²) in [6, 6.07) is 20.1. The molecule has 0 aliphatic carbocycles. The summed E-state index contributed by atoms with van der Waals surface area (Å²) in [4.78, 5) is 18.1. The van der Waals surface area contributed by atoms with Gasteiger partial charge in [0.1, 0.15) is 0 Å². The quantitative estimate of drug-likeness (QED) is 0.265. The molecule has 0 fully saturated rings. The summed E-state index contributed by atoms with van der Waals surface area (Å²) in [6.45, 7) is 0. The summed E-state index contributed by atoms with van der Waals surface area (Å²) in [5, 5.41) is 4.15. The van der Waals surface area contributed by atoms with E-state index in [1.807, 2.05) is 36.4 Å². The topological polar surface area (TPSA) is 51.6 Å². The highest BCUT2D eigenvalue weighted by Crippen LogP contribution is 2.25. The average molecular weight is 382 g/mol. The summed E-state index contributed by atoms with van der Waals surface area (Å²) in [6.07, 6.45) is 7.18. The lowest BCUT2D eigenvalue weighted by Crippen LogP contribution is -1.89. The molecule has 6 aromatic rings. The van der Waals surface area contributed by atoms with Crippen LogP contribution < -0.4 is 0 Å². The highest BCUT2D eigenvalue weighted by molar-refractivity contribution is 6.05. The molecule has 0 radical (unpaired) electrons. The second-order valence-corrected chi connectivity index (χ2v) is 7.04. The molecular weight excluding hydrogens is 368 g/mol. The van der Waals surface area contributed by atoms with Crippen LogP contribution >= 0.6 is 0 Å². The van der Waals surface area contributed by atoms with Gasteiger partial charge in [0.15, 0.2) is 0 Å². The molecule has 0 unspecified atom stereocenters. The summed E-state index contributed by atoms with van der Waals surface area (Å²) < 4.78 is 0. The Bertz CT molecular complexity index is 1540. The van der Waals surface area contributed by atoms with E-state index in [9.17, 15) is 0 Å². The maximum atomic E-state index is 4.56. The maximum Gasteiger partial charge on any atom is 0.0977 e. The molecule has 0 saturated carbocycles. The molecule has 0 aliphatic rings. The van der Waals surface area contributed by atoms with E-state index in [1.165, 1.54) is 0 Å². The van der Waals surface area contributed by atoms with Gasteiger partial charge in [0.2, 0.25) is 0 Å².